The van der Waals surface area contributed by atoms with Gasteiger partial charge in [-0.2, -0.15) is 13.2 Å². The molecule has 2 nitrogen and oxygen atoms in total. The van der Waals surface area contributed by atoms with Crippen LogP contribution in [0, 0.1) is 5.92 Å². The van der Waals surface area contributed by atoms with Gasteiger partial charge in [-0.15, -0.1) is 0 Å². The molecule has 0 saturated carbocycles. The van der Waals surface area contributed by atoms with E-state index in [0.29, 0.717) is 0 Å². The van der Waals surface area contributed by atoms with Gasteiger partial charge in [-0.1, -0.05) is 19.1 Å². The summed E-state index contributed by atoms with van der Waals surface area (Å²) in [4.78, 5) is 0. The summed E-state index contributed by atoms with van der Waals surface area (Å²) in [6.45, 7) is 3.54. The number of ether oxygens (including phenoxy) is 1. The van der Waals surface area contributed by atoms with Gasteiger partial charge in [-0.3, -0.25) is 0 Å². The molecule has 1 aromatic carbocycles. The Bertz CT molecular complexity index is 405. The van der Waals surface area contributed by atoms with Crippen LogP contribution in [0.1, 0.15) is 18.9 Å². The Kier molecular flexibility index (Phi) is 3.80. The van der Waals surface area contributed by atoms with Gasteiger partial charge in [0.2, 0.25) is 0 Å². The summed E-state index contributed by atoms with van der Waals surface area (Å²) < 4.78 is 44.0. The third-order valence-corrected chi connectivity index (χ3v) is 3.18. The first kappa shape index (κ1) is 13.2. The maximum absolute atomic E-state index is 12.8. The Morgan fingerprint density at radius 2 is 2.00 bits per heavy atom. The second-order valence-electron chi connectivity index (χ2n) is 4.62. The fourth-order valence-electron chi connectivity index (χ4n) is 2.13. The summed E-state index contributed by atoms with van der Waals surface area (Å²) in [5.41, 5.74) is -0.698. The summed E-state index contributed by atoms with van der Waals surface area (Å²) in [5.74, 6) is 0.142. The van der Waals surface area contributed by atoms with E-state index in [9.17, 15) is 13.2 Å². The van der Waals surface area contributed by atoms with Crippen LogP contribution in [0.25, 0.3) is 0 Å². The molecule has 0 bridgehead atoms. The summed E-state index contributed by atoms with van der Waals surface area (Å²) >= 11 is 0. The van der Waals surface area contributed by atoms with E-state index in [0.717, 1.165) is 25.6 Å². The van der Waals surface area contributed by atoms with Crippen LogP contribution in [0.15, 0.2) is 24.3 Å². The van der Waals surface area contributed by atoms with E-state index in [1.54, 1.807) is 6.07 Å². The molecule has 0 aliphatic carbocycles. The molecule has 0 amide bonds. The highest BCUT2D eigenvalue weighted by atomic mass is 19.4. The molecule has 2 rings (SSSR count). The maximum Gasteiger partial charge on any atom is 0.419 e. The number of nitrogens with one attached hydrogen (secondary N) is 1. The van der Waals surface area contributed by atoms with Crippen LogP contribution in [0.4, 0.5) is 13.2 Å². The number of halogens is 3. The quantitative estimate of drug-likeness (QED) is 0.881. The molecule has 0 spiro atoms. The standard InChI is InChI=1S/C13H16F3NO/c1-9-8-17-7-6-11(9)18-12-5-3-2-4-10(12)13(14,15)16/h2-5,9,11,17H,6-8H2,1H3. The molecule has 5 heteroatoms. The highest BCUT2D eigenvalue weighted by Gasteiger charge is 2.35. The van der Waals surface area contributed by atoms with E-state index >= 15 is 0 Å². The monoisotopic (exact) mass is 259 g/mol. The van der Waals surface area contributed by atoms with E-state index in [2.05, 4.69) is 5.32 Å². The largest absolute Gasteiger partial charge is 0.489 e. The van der Waals surface area contributed by atoms with Crippen molar-refractivity contribution in [1.82, 2.24) is 5.32 Å². The minimum atomic E-state index is -4.37. The molecule has 100 valence electrons. The molecule has 2 atom stereocenters. The van der Waals surface area contributed by atoms with Crippen molar-refractivity contribution >= 4 is 0 Å². The summed E-state index contributed by atoms with van der Waals surface area (Å²) in [5, 5.41) is 3.19. The highest BCUT2D eigenvalue weighted by molar-refractivity contribution is 5.35. The van der Waals surface area contributed by atoms with Gasteiger partial charge in [0.05, 0.1) is 5.56 Å². The first-order valence-corrected chi connectivity index (χ1v) is 6.02. The van der Waals surface area contributed by atoms with Crippen molar-refractivity contribution < 1.29 is 17.9 Å². The molecule has 2 unspecified atom stereocenters. The van der Waals surface area contributed by atoms with Crippen LogP contribution in [0.3, 0.4) is 0 Å². The molecule has 0 aromatic heterocycles. The van der Waals surface area contributed by atoms with Crippen molar-refractivity contribution in [3.05, 3.63) is 29.8 Å². The molecular weight excluding hydrogens is 243 g/mol. The average molecular weight is 259 g/mol. The van der Waals surface area contributed by atoms with Gasteiger partial charge in [0, 0.05) is 12.5 Å². The van der Waals surface area contributed by atoms with Gasteiger partial charge < -0.3 is 10.1 Å². The van der Waals surface area contributed by atoms with Gasteiger partial charge in [0.25, 0.3) is 0 Å². The van der Waals surface area contributed by atoms with E-state index in [1.165, 1.54) is 12.1 Å². The molecule has 1 aliphatic heterocycles. The zero-order chi connectivity index (χ0) is 13.2. The summed E-state index contributed by atoms with van der Waals surface area (Å²) in [7, 11) is 0. The van der Waals surface area contributed by atoms with E-state index < -0.39 is 11.7 Å². The Morgan fingerprint density at radius 3 is 2.67 bits per heavy atom. The number of benzene rings is 1. The van der Waals surface area contributed by atoms with Crippen LogP contribution in [0.5, 0.6) is 5.75 Å². The van der Waals surface area contributed by atoms with Gasteiger partial charge in [-0.25, -0.2) is 0 Å². The summed E-state index contributed by atoms with van der Waals surface area (Å²) in [6.07, 6.45) is -3.80. The Balaban J connectivity index is 2.18. The number of rotatable bonds is 2. The highest BCUT2D eigenvalue weighted by Crippen LogP contribution is 2.37. The van der Waals surface area contributed by atoms with Gasteiger partial charge in [0.1, 0.15) is 11.9 Å². The fourth-order valence-corrected chi connectivity index (χ4v) is 2.13. The van der Waals surface area contributed by atoms with Crippen molar-refractivity contribution in [2.45, 2.75) is 25.6 Å². The predicted molar refractivity (Wildman–Crippen MR) is 62.5 cm³/mol. The molecule has 1 aliphatic rings. The van der Waals surface area contributed by atoms with Crippen molar-refractivity contribution in [3.8, 4) is 5.75 Å². The van der Waals surface area contributed by atoms with Crippen molar-refractivity contribution in [2.24, 2.45) is 5.92 Å². The average Bonchev–Trinajstić information content (AvgIpc) is 2.31. The topological polar surface area (TPSA) is 21.3 Å². The lowest BCUT2D eigenvalue weighted by Gasteiger charge is -2.30. The molecule has 1 aromatic rings. The molecule has 1 saturated heterocycles. The first-order chi connectivity index (χ1) is 8.48. The number of para-hydroxylation sites is 1. The Morgan fingerprint density at radius 1 is 1.28 bits per heavy atom. The van der Waals surface area contributed by atoms with Crippen molar-refractivity contribution in [1.29, 1.82) is 0 Å². The summed E-state index contributed by atoms with van der Waals surface area (Å²) in [6, 6.07) is 5.39. The van der Waals surface area contributed by atoms with Crippen LogP contribution >= 0.6 is 0 Å². The number of hydrogen-bond acceptors (Lipinski definition) is 2. The lowest BCUT2D eigenvalue weighted by molar-refractivity contribution is -0.139. The minimum Gasteiger partial charge on any atom is -0.489 e. The Labute approximate surface area is 104 Å². The second kappa shape index (κ2) is 5.18. The van der Waals surface area contributed by atoms with E-state index in [-0.39, 0.29) is 17.8 Å². The fraction of sp³-hybridized carbons (Fsp3) is 0.538. The van der Waals surface area contributed by atoms with Crippen molar-refractivity contribution in [3.63, 3.8) is 0 Å². The van der Waals surface area contributed by atoms with E-state index in [1.807, 2.05) is 6.92 Å². The number of piperidine rings is 1. The molecule has 18 heavy (non-hydrogen) atoms. The maximum atomic E-state index is 12.8. The predicted octanol–water partition coefficient (Wildman–Crippen LogP) is 3.08. The molecule has 0 radical (unpaired) electrons. The van der Waals surface area contributed by atoms with Crippen LogP contribution in [-0.2, 0) is 6.18 Å². The zero-order valence-electron chi connectivity index (χ0n) is 10.1. The van der Waals surface area contributed by atoms with Crippen LogP contribution in [-0.4, -0.2) is 19.2 Å². The first-order valence-electron chi connectivity index (χ1n) is 6.02. The SMILES string of the molecule is CC1CNCCC1Oc1ccccc1C(F)(F)F. The van der Waals surface area contributed by atoms with E-state index in [4.69, 9.17) is 4.74 Å². The lowest BCUT2D eigenvalue weighted by atomic mass is 9.98. The lowest BCUT2D eigenvalue weighted by Crippen LogP contribution is -2.41. The van der Waals surface area contributed by atoms with Gasteiger partial charge in [-0.05, 0) is 25.1 Å². The van der Waals surface area contributed by atoms with Crippen LogP contribution in [0.2, 0.25) is 0 Å². The molecule has 1 N–H and O–H groups in total. The number of hydrogen-bond donors (Lipinski definition) is 1. The normalized spacial score (nSPS) is 24.9. The molecule has 1 heterocycles. The zero-order valence-corrected chi connectivity index (χ0v) is 10.1. The molecule has 1 fully saturated rings. The Hall–Kier alpha value is -1.23. The van der Waals surface area contributed by atoms with Crippen LogP contribution < -0.4 is 10.1 Å². The number of alkyl halides is 3. The smallest absolute Gasteiger partial charge is 0.419 e. The third kappa shape index (κ3) is 2.96. The van der Waals surface area contributed by atoms with Gasteiger partial charge in [0.15, 0.2) is 0 Å². The minimum absolute atomic E-state index is 0.0660. The van der Waals surface area contributed by atoms with Gasteiger partial charge >= 0.3 is 6.18 Å². The third-order valence-electron chi connectivity index (χ3n) is 3.18. The molecular formula is C13H16F3NO. The second-order valence-corrected chi connectivity index (χ2v) is 4.62. The van der Waals surface area contributed by atoms with Crippen molar-refractivity contribution in [2.75, 3.05) is 13.1 Å².